The van der Waals surface area contributed by atoms with Gasteiger partial charge in [-0.3, -0.25) is 4.79 Å². The SMILES string of the molecule is CC(=O)OC1=CC2=CC=C3[C@@H]4CC[C@H]([C@H](C)CCCC(C)(C)OC(=O)c5ccccc5)[C@@]4(C)CC[C@@H]3[C@@]2(C)C=C1. The van der Waals surface area contributed by atoms with Crippen LogP contribution in [0.4, 0.5) is 0 Å². The number of esters is 2. The summed E-state index contributed by atoms with van der Waals surface area (Å²) >= 11 is 0. The van der Waals surface area contributed by atoms with Gasteiger partial charge in [-0.2, -0.15) is 0 Å². The van der Waals surface area contributed by atoms with Gasteiger partial charge in [0.1, 0.15) is 11.4 Å². The Morgan fingerprint density at radius 3 is 2.52 bits per heavy atom. The lowest BCUT2D eigenvalue weighted by Crippen LogP contribution is -2.44. The molecule has 0 saturated heterocycles. The van der Waals surface area contributed by atoms with Crippen molar-refractivity contribution in [3.05, 3.63) is 83.2 Å². The minimum Gasteiger partial charge on any atom is -0.456 e. The molecule has 4 aliphatic carbocycles. The van der Waals surface area contributed by atoms with Gasteiger partial charge in [-0.05, 0) is 111 Å². The molecule has 40 heavy (non-hydrogen) atoms. The summed E-state index contributed by atoms with van der Waals surface area (Å²) in [4.78, 5) is 24.1. The molecule has 214 valence electrons. The van der Waals surface area contributed by atoms with Crippen molar-refractivity contribution in [2.75, 3.05) is 0 Å². The van der Waals surface area contributed by atoms with Crippen LogP contribution in [0.3, 0.4) is 0 Å². The molecule has 0 spiro atoms. The highest BCUT2D eigenvalue weighted by Crippen LogP contribution is 2.65. The van der Waals surface area contributed by atoms with Gasteiger partial charge in [0.05, 0.1) is 5.56 Å². The molecule has 0 unspecified atom stereocenters. The fraction of sp³-hybridized carbons (Fsp3) is 0.556. The van der Waals surface area contributed by atoms with Crippen LogP contribution in [0.5, 0.6) is 0 Å². The van der Waals surface area contributed by atoms with Crippen molar-refractivity contribution < 1.29 is 19.1 Å². The van der Waals surface area contributed by atoms with Crippen LogP contribution in [0.25, 0.3) is 0 Å². The number of ether oxygens (including phenoxy) is 2. The highest BCUT2D eigenvalue weighted by molar-refractivity contribution is 5.89. The summed E-state index contributed by atoms with van der Waals surface area (Å²) in [6, 6.07) is 9.28. The second-order valence-electron chi connectivity index (χ2n) is 13.8. The van der Waals surface area contributed by atoms with E-state index in [2.05, 4.69) is 45.1 Å². The second-order valence-corrected chi connectivity index (χ2v) is 13.8. The lowest BCUT2D eigenvalue weighted by molar-refractivity contribution is -0.136. The first-order valence-corrected chi connectivity index (χ1v) is 15.2. The first-order chi connectivity index (χ1) is 18.9. The molecule has 0 aromatic heterocycles. The van der Waals surface area contributed by atoms with Crippen LogP contribution in [-0.4, -0.2) is 17.5 Å². The molecule has 0 bridgehead atoms. The number of carbonyl (C=O) groups excluding carboxylic acids is 2. The van der Waals surface area contributed by atoms with Gasteiger partial charge >= 0.3 is 11.9 Å². The Labute approximate surface area is 240 Å². The molecule has 0 amide bonds. The first kappa shape index (κ1) is 28.6. The number of allylic oxidation sites excluding steroid dienone is 7. The minimum absolute atomic E-state index is 0.0401. The number of benzene rings is 1. The Bertz CT molecular complexity index is 1260. The van der Waals surface area contributed by atoms with Crippen molar-refractivity contribution in [2.24, 2.45) is 34.5 Å². The van der Waals surface area contributed by atoms with Gasteiger partial charge in [0, 0.05) is 12.3 Å². The lowest BCUT2D eigenvalue weighted by atomic mass is 9.51. The zero-order valence-electron chi connectivity index (χ0n) is 25.2. The van der Waals surface area contributed by atoms with Crippen molar-refractivity contribution in [1.29, 1.82) is 0 Å². The van der Waals surface area contributed by atoms with Crippen LogP contribution in [0.2, 0.25) is 0 Å². The monoisotopic (exact) mass is 542 g/mol. The smallest absolute Gasteiger partial charge is 0.338 e. The first-order valence-electron chi connectivity index (χ1n) is 15.2. The number of rotatable bonds is 8. The molecule has 0 radical (unpaired) electrons. The van der Waals surface area contributed by atoms with Gasteiger partial charge in [-0.25, -0.2) is 4.79 Å². The molecule has 0 aliphatic heterocycles. The lowest BCUT2D eigenvalue weighted by Gasteiger charge is -2.53. The van der Waals surface area contributed by atoms with E-state index in [1.54, 1.807) is 5.57 Å². The predicted molar refractivity (Wildman–Crippen MR) is 159 cm³/mol. The van der Waals surface area contributed by atoms with Gasteiger partial charge in [0.25, 0.3) is 0 Å². The van der Waals surface area contributed by atoms with E-state index in [0.29, 0.717) is 40.4 Å². The quantitative estimate of drug-likeness (QED) is 0.308. The second kappa shape index (κ2) is 10.8. The predicted octanol–water partition coefficient (Wildman–Crippen LogP) is 8.76. The van der Waals surface area contributed by atoms with Gasteiger partial charge in [0.15, 0.2) is 0 Å². The summed E-state index contributed by atoms with van der Waals surface area (Å²) in [6.07, 6.45) is 19.1. The fourth-order valence-electron chi connectivity index (χ4n) is 8.50. The van der Waals surface area contributed by atoms with Crippen LogP contribution in [0.15, 0.2) is 77.6 Å². The van der Waals surface area contributed by atoms with Crippen LogP contribution >= 0.6 is 0 Å². The number of hydrogen-bond acceptors (Lipinski definition) is 4. The molecular weight excluding hydrogens is 496 g/mol. The fourth-order valence-corrected chi connectivity index (χ4v) is 8.50. The van der Waals surface area contributed by atoms with Gasteiger partial charge in [0.2, 0.25) is 0 Å². The van der Waals surface area contributed by atoms with E-state index in [0.717, 1.165) is 19.3 Å². The number of fused-ring (bicyclic) bond motifs is 5. The zero-order valence-corrected chi connectivity index (χ0v) is 25.2. The zero-order chi connectivity index (χ0) is 28.7. The molecule has 0 heterocycles. The van der Waals surface area contributed by atoms with Crippen molar-refractivity contribution in [3.63, 3.8) is 0 Å². The largest absolute Gasteiger partial charge is 0.456 e. The Kier molecular flexibility index (Phi) is 7.76. The van der Waals surface area contributed by atoms with Crippen molar-refractivity contribution in [1.82, 2.24) is 0 Å². The van der Waals surface area contributed by atoms with E-state index >= 15 is 0 Å². The standard InChI is InChI=1S/C36H46O4/c1-24(11-10-20-34(3,4)40-33(38)26-12-8-7-9-13-26)30-16-17-31-29-15-14-27-23-28(39-25(2)37)18-21-35(27,5)32(29)19-22-36(30,31)6/h7-9,12-15,18,21,23-24,30-32H,10-11,16-17,19-20,22H2,1-6H3/t24-,30-,31+,32+,35+,36-/m1/s1. The molecule has 1 aromatic carbocycles. The molecule has 4 heteroatoms. The van der Waals surface area contributed by atoms with Gasteiger partial charge in [-0.1, -0.05) is 69.2 Å². The van der Waals surface area contributed by atoms with Crippen LogP contribution in [-0.2, 0) is 14.3 Å². The third kappa shape index (κ3) is 5.39. The maximum atomic E-state index is 12.6. The van der Waals surface area contributed by atoms with Crippen molar-refractivity contribution >= 4 is 11.9 Å². The summed E-state index contributed by atoms with van der Waals surface area (Å²) in [5.74, 6) is 2.62. The van der Waals surface area contributed by atoms with E-state index in [-0.39, 0.29) is 17.4 Å². The van der Waals surface area contributed by atoms with Crippen molar-refractivity contribution in [3.8, 4) is 0 Å². The highest BCUT2D eigenvalue weighted by atomic mass is 16.6. The maximum absolute atomic E-state index is 12.6. The summed E-state index contributed by atoms with van der Waals surface area (Å²) in [7, 11) is 0. The third-order valence-electron chi connectivity index (χ3n) is 10.6. The Morgan fingerprint density at radius 2 is 1.80 bits per heavy atom. The summed E-state index contributed by atoms with van der Waals surface area (Å²) < 4.78 is 11.3. The minimum atomic E-state index is -0.476. The highest BCUT2D eigenvalue weighted by Gasteiger charge is 2.56. The van der Waals surface area contributed by atoms with E-state index in [1.807, 2.05) is 50.3 Å². The molecule has 2 saturated carbocycles. The van der Waals surface area contributed by atoms with E-state index in [1.165, 1.54) is 38.2 Å². The van der Waals surface area contributed by atoms with Crippen LogP contribution in [0.1, 0.15) is 96.8 Å². The van der Waals surface area contributed by atoms with Crippen LogP contribution < -0.4 is 0 Å². The number of hydrogen-bond donors (Lipinski definition) is 0. The molecule has 1 aromatic rings. The third-order valence-corrected chi connectivity index (χ3v) is 10.6. The van der Waals surface area contributed by atoms with E-state index < -0.39 is 5.60 Å². The summed E-state index contributed by atoms with van der Waals surface area (Å²) in [6.45, 7) is 12.9. The van der Waals surface area contributed by atoms with Gasteiger partial charge < -0.3 is 9.47 Å². The average molecular weight is 543 g/mol. The maximum Gasteiger partial charge on any atom is 0.338 e. The molecule has 2 fully saturated rings. The van der Waals surface area contributed by atoms with Crippen LogP contribution in [0, 0.1) is 34.5 Å². The molecule has 0 N–H and O–H groups in total. The average Bonchev–Trinajstić information content (AvgIpc) is 3.26. The van der Waals surface area contributed by atoms with Crippen molar-refractivity contribution in [2.45, 2.75) is 92.1 Å². The summed E-state index contributed by atoms with van der Waals surface area (Å²) in [5.41, 5.74) is 3.31. The normalized spacial score (nSPS) is 31.6. The molecular formula is C36H46O4. The number of carbonyl (C=O) groups is 2. The van der Waals surface area contributed by atoms with Gasteiger partial charge in [-0.15, -0.1) is 0 Å². The molecule has 4 nitrogen and oxygen atoms in total. The molecule has 4 aliphatic rings. The van der Waals surface area contributed by atoms with E-state index in [4.69, 9.17) is 9.47 Å². The van der Waals surface area contributed by atoms with E-state index in [9.17, 15) is 9.59 Å². The topological polar surface area (TPSA) is 52.6 Å². The molecule has 6 atom stereocenters. The Hall–Kier alpha value is -2.88. The molecule has 5 rings (SSSR count). The Balaban J connectivity index is 1.22. The Morgan fingerprint density at radius 1 is 1.05 bits per heavy atom. The summed E-state index contributed by atoms with van der Waals surface area (Å²) in [5, 5.41) is 0.